The van der Waals surface area contributed by atoms with Crippen molar-refractivity contribution in [3.8, 4) is 22.5 Å². The Hall–Kier alpha value is -4.66. The molecular formula is C23H18N8O. The first-order chi connectivity index (χ1) is 15.7. The van der Waals surface area contributed by atoms with E-state index >= 15 is 0 Å². The van der Waals surface area contributed by atoms with Crippen molar-refractivity contribution in [3.05, 3.63) is 85.9 Å². The molecule has 0 aliphatic rings. The Kier molecular flexibility index (Phi) is 4.97. The maximum atomic E-state index is 12.0. The molecule has 1 amide bonds. The first-order valence-corrected chi connectivity index (χ1v) is 9.85. The summed E-state index contributed by atoms with van der Waals surface area (Å²) in [5.41, 5.74) is 4.92. The molecule has 32 heavy (non-hydrogen) atoms. The summed E-state index contributed by atoms with van der Waals surface area (Å²) < 4.78 is 1.72. The van der Waals surface area contributed by atoms with Gasteiger partial charge in [-0.25, -0.2) is 19.6 Å². The highest BCUT2D eigenvalue weighted by Gasteiger charge is 2.15. The second-order valence-corrected chi connectivity index (χ2v) is 7.04. The van der Waals surface area contributed by atoms with Gasteiger partial charge in [0.1, 0.15) is 17.8 Å². The minimum absolute atomic E-state index is 0.311. The molecule has 0 spiro atoms. The molecule has 0 aliphatic heterocycles. The van der Waals surface area contributed by atoms with Crippen LogP contribution in [0.25, 0.3) is 33.5 Å². The topological polar surface area (TPSA) is 114 Å². The van der Waals surface area contributed by atoms with E-state index in [1.807, 2.05) is 36.5 Å². The van der Waals surface area contributed by atoms with Crippen LogP contribution < -0.4 is 5.32 Å². The molecule has 9 heteroatoms. The van der Waals surface area contributed by atoms with E-state index in [4.69, 9.17) is 5.10 Å². The largest absolute Gasteiger partial charge is 0.345 e. The van der Waals surface area contributed by atoms with Crippen LogP contribution in [-0.2, 0) is 11.3 Å². The number of H-pyrrole nitrogens is 1. The smallest absolute Gasteiger partial charge is 0.248 e. The Balaban J connectivity index is 1.57. The molecule has 5 aromatic heterocycles. The second kappa shape index (κ2) is 8.23. The standard InChI is InChI=1S/C23H18N8O/c1-2-22(32)29-21-9-20(30-31(21)13-15-4-3-6-24-10-15)16-8-17-18(12-27-23(17)26-11-16)19-5-7-25-14-28-19/h2-12,14H,1,13H2,(H,26,27)(H,29,32). The predicted octanol–water partition coefficient (Wildman–Crippen LogP) is 3.45. The van der Waals surface area contributed by atoms with Crippen molar-refractivity contribution in [2.45, 2.75) is 6.54 Å². The van der Waals surface area contributed by atoms with E-state index in [-0.39, 0.29) is 5.91 Å². The molecule has 0 fully saturated rings. The number of aromatic amines is 1. The number of rotatable bonds is 6. The summed E-state index contributed by atoms with van der Waals surface area (Å²) in [6.45, 7) is 3.98. The first-order valence-electron chi connectivity index (χ1n) is 9.85. The van der Waals surface area contributed by atoms with Gasteiger partial charge in [0.15, 0.2) is 0 Å². The Morgan fingerprint density at radius 1 is 1.12 bits per heavy atom. The van der Waals surface area contributed by atoms with Crippen LogP contribution in [0.3, 0.4) is 0 Å². The van der Waals surface area contributed by atoms with Crippen molar-refractivity contribution in [2.75, 3.05) is 5.32 Å². The van der Waals surface area contributed by atoms with Crippen molar-refractivity contribution < 1.29 is 4.79 Å². The molecule has 5 aromatic rings. The van der Waals surface area contributed by atoms with E-state index < -0.39 is 0 Å². The molecule has 0 atom stereocenters. The second-order valence-electron chi connectivity index (χ2n) is 7.04. The fourth-order valence-electron chi connectivity index (χ4n) is 3.43. The summed E-state index contributed by atoms with van der Waals surface area (Å²) in [5.74, 6) is 0.244. The summed E-state index contributed by atoms with van der Waals surface area (Å²) in [7, 11) is 0. The normalized spacial score (nSPS) is 10.9. The van der Waals surface area contributed by atoms with Gasteiger partial charge in [-0.3, -0.25) is 9.78 Å². The highest BCUT2D eigenvalue weighted by atomic mass is 16.1. The Labute approximate surface area is 182 Å². The van der Waals surface area contributed by atoms with Crippen molar-refractivity contribution in [1.82, 2.24) is 34.7 Å². The van der Waals surface area contributed by atoms with Crippen LogP contribution in [0.1, 0.15) is 5.56 Å². The van der Waals surface area contributed by atoms with E-state index in [1.165, 1.54) is 12.4 Å². The lowest BCUT2D eigenvalue weighted by atomic mass is 10.1. The number of hydrogen-bond donors (Lipinski definition) is 2. The lowest BCUT2D eigenvalue weighted by molar-refractivity contribution is -0.111. The third-order valence-corrected chi connectivity index (χ3v) is 4.96. The van der Waals surface area contributed by atoms with Crippen LogP contribution in [0.5, 0.6) is 0 Å². The minimum atomic E-state index is -0.311. The van der Waals surface area contributed by atoms with Gasteiger partial charge in [0, 0.05) is 53.6 Å². The van der Waals surface area contributed by atoms with Gasteiger partial charge in [0.05, 0.1) is 17.9 Å². The minimum Gasteiger partial charge on any atom is -0.345 e. The summed E-state index contributed by atoms with van der Waals surface area (Å²) in [6.07, 6.45) is 11.5. The maximum Gasteiger partial charge on any atom is 0.248 e. The fourth-order valence-corrected chi connectivity index (χ4v) is 3.43. The van der Waals surface area contributed by atoms with Crippen molar-refractivity contribution in [2.24, 2.45) is 0 Å². The quantitative estimate of drug-likeness (QED) is 0.405. The van der Waals surface area contributed by atoms with E-state index in [9.17, 15) is 4.79 Å². The van der Waals surface area contributed by atoms with E-state index in [1.54, 1.807) is 29.5 Å². The summed E-state index contributed by atoms with van der Waals surface area (Å²) in [5, 5.41) is 8.46. The van der Waals surface area contributed by atoms with Crippen molar-refractivity contribution >= 4 is 22.8 Å². The monoisotopic (exact) mass is 422 g/mol. The van der Waals surface area contributed by atoms with Gasteiger partial charge in [0.2, 0.25) is 5.91 Å². The number of pyridine rings is 2. The third-order valence-electron chi connectivity index (χ3n) is 4.96. The van der Waals surface area contributed by atoms with Crippen molar-refractivity contribution in [3.63, 3.8) is 0 Å². The molecule has 0 aliphatic carbocycles. The summed E-state index contributed by atoms with van der Waals surface area (Å²) in [6, 6.07) is 9.49. The van der Waals surface area contributed by atoms with Gasteiger partial charge in [0.25, 0.3) is 0 Å². The highest BCUT2D eigenvalue weighted by molar-refractivity contribution is 5.99. The van der Waals surface area contributed by atoms with E-state index in [0.717, 1.165) is 33.4 Å². The molecule has 2 N–H and O–H groups in total. The number of nitrogens with zero attached hydrogens (tertiary/aromatic N) is 6. The third kappa shape index (κ3) is 3.74. The maximum absolute atomic E-state index is 12.0. The van der Waals surface area contributed by atoms with Crippen molar-refractivity contribution in [1.29, 1.82) is 0 Å². The molecule has 9 nitrogen and oxygen atoms in total. The zero-order valence-electron chi connectivity index (χ0n) is 16.9. The number of amides is 1. The van der Waals surface area contributed by atoms with Gasteiger partial charge < -0.3 is 10.3 Å². The molecule has 0 radical (unpaired) electrons. The van der Waals surface area contributed by atoms with Gasteiger partial charge in [-0.1, -0.05) is 12.6 Å². The number of carbonyl (C=O) groups excluding carboxylic acids is 1. The van der Waals surface area contributed by atoms with Crippen LogP contribution in [0, 0.1) is 0 Å². The zero-order valence-corrected chi connectivity index (χ0v) is 16.9. The average Bonchev–Trinajstić information content (AvgIpc) is 3.44. The summed E-state index contributed by atoms with van der Waals surface area (Å²) in [4.78, 5) is 32.2. The Bertz CT molecular complexity index is 1410. The highest BCUT2D eigenvalue weighted by Crippen LogP contribution is 2.30. The molecule has 5 rings (SSSR count). The molecule has 0 bridgehead atoms. The Morgan fingerprint density at radius 2 is 2.06 bits per heavy atom. The van der Waals surface area contributed by atoms with E-state index in [2.05, 4.69) is 36.8 Å². The zero-order chi connectivity index (χ0) is 21.9. The van der Waals surface area contributed by atoms with Crippen LogP contribution in [-0.4, -0.2) is 40.6 Å². The van der Waals surface area contributed by atoms with Crippen LogP contribution in [0.15, 0.2) is 80.3 Å². The first kappa shape index (κ1) is 19.3. The van der Waals surface area contributed by atoms with Gasteiger partial charge >= 0.3 is 0 Å². The van der Waals surface area contributed by atoms with Gasteiger partial charge in [-0.05, 0) is 29.8 Å². The molecular weight excluding hydrogens is 404 g/mol. The average molecular weight is 422 g/mol. The fraction of sp³-hybridized carbons (Fsp3) is 0.0435. The molecule has 5 heterocycles. The van der Waals surface area contributed by atoms with Crippen LogP contribution >= 0.6 is 0 Å². The number of nitrogens with one attached hydrogen (secondary N) is 2. The lowest BCUT2D eigenvalue weighted by Gasteiger charge is -2.07. The predicted molar refractivity (Wildman–Crippen MR) is 121 cm³/mol. The van der Waals surface area contributed by atoms with Gasteiger partial charge in [-0.2, -0.15) is 5.10 Å². The molecule has 0 unspecified atom stereocenters. The molecule has 156 valence electrons. The number of fused-ring (bicyclic) bond motifs is 1. The number of hydrogen-bond acceptors (Lipinski definition) is 6. The van der Waals surface area contributed by atoms with Crippen LogP contribution in [0.2, 0.25) is 0 Å². The van der Waals surface area contributed by atoms with Gasteiger partial charge in [-0.15, -0.1) is 0 Å². The summed E-state index contributed by atoms with van der Waals surface area (Å²) >= 11 is 0. The molecule has 0 saturated heterocycles. The SMILES string of the molecule is C=CC(=O)Nc1cc(-c2cnc3[nH]cc(-c4ccncn4)c3c2)nn1Cc1cccnc1. The number of aromatic nitrogens is 7. The van der Waals surface area contributed by atoms with E-state index in [0.29, 0.717) is 18.1 Å². The molecule has 0 aromatic carbocycles. The lowest BCUT2D eigenvalue weighted by Crippen LogP contribution is -2.13. The number of carbonyl (C=O) groups is 1. The number of anilines is 1. The van der Waals surface area contributed by atoms with Crippen LogP contribution in [0.4, 0.5) is 5.82 Å². The molecule has 0 saturated carbocycles. The Morgan fingerprint density at radius 3 is 2.84 bits per heavy atom.